The summed E-state index contributed by atoms with van der Waals surface area (Å²) < 4.78 is 28.8. The van der Waals surface area contributed by atoms with Crippen molar-refractivity contribution < 1.29 is 8.42 Å². The molecular weight excluding hydrogens is 342 g/mol. The summed E-state index contributed by atoms with van der Waals surface area (Å²) in [7, 11) is -2.08. The molecular formula is C10H15BrClN3O2S. The number of nitrogens with one attached hydrogen (secondary N) is 1. The average Bonchev–Trinajstić information content (AvgIpc) is 2.86. The standard InChI is InChI=1S/C10H15BrClN3O2S/c1-15-9(8(12)6-13-15)18(16,17)14-10(7-11)4-2-3-5-10/h6,14H,2-5,7H2,1H3. The summed E-state index contributed by atoms with van der Waals surface area (Å²) >= 11 is 9.29. The lowest BCUT2D eigenvalue weighted by Crippen LogP contribution is -2.48. The Morgan fingerprint density at radius 2 is 2.17 bits per heavy atom. The van der Waals surface area contributed by atoms with E-state index in [1.54, 1.807) is 7.05 Å². The Balaban J connectivity index is 2.33. The molecule has 0 aromatic carbocycles. The van der Waals surface area contributed by atoms with E-state index in [2.05, 4.69) is 25.8 Å². The second kappa shape index (κ2) is 5.11. The second-order valence-corrected chi connectivity index (χ2v) is 7.21. The minimum absolute atomic E-state index is 0.0244. The fraction of sp³-hybridized carbons (Fsp3) is 0.700. The van der Waals surface area contributed by atoms with Gasteiger partial charge in [0.2, 0.25) is 0 Å². The summed E-state index contributed by atoms with van der Waals surface area (Å²) in [5.74, 6) is 0. The molecule has 1 saturated carbocycles. The van der Waals surface area contributed by atoms with E-state index in [9.17, 15) is 8.42 Å². The lowest BCUT2D eigenvalue weighted by Gasteiger charge is -2.27. The Morgan fingerprint density at radius 3 is 2.61 bits per heavy atom. The van der Waals surface area contributed by atoms with Crippen LogP contribution in [0, 0.1) is 0 Å². The predicted octanol–water partition coefficient (Wildman–Crippen LogP) is 2.06. The maximum Gasteiger partial charge on any atom is 0.259 e. The molecule has 1 aromatic rings. The number of aryl methyl sites for hydroxylation is 1. The van der Waals surface area contributed by atoms with Gasteiger partial charge in [0, 0.05) is 17.9 Å². The molecule has 5 nitrogen and oxygen atoms in total. The Morgan fingerprint density at radius 1 is 1.56 bits per heavy atom. The highest BCUT2D eigenvalue weighted by Gasteiger charge is 2.38. The molecule has 0 saturated heterocycles. The zero-order valence-electron chi connectivity index (χ0n) is 9.99. The van der Waals surface area contributed by atoms with Gasteiger partial charge in [0.05, 0.1) is 11.2 Å². The molecule has 0 spiro atoms. The maximum absolute atomic E-state index is 12.4. The van der Waals surface area contributed by atoms with Crippen LogP contribution in [0.15, 0.2) is 11.2 Å². The highest BCUT2D eigenvalue weighted by Crippen LogP contribution is 2.33. The summed E-state index contributed by atoms with van der Waals surface area (Å²) in [5, 5.41) is 4.64. The summed E-state index contributed by atoms with van der Waals surface area (Å²) in [5.41, 5.74) is -0.396. The lowest BCUT2D eigenvalue weighted by atomic mass is 10.0. The summed E-state index contributed by atoms with van der Waals surface area (Å²) in [6.45, 7) is 0. The van der Waals surface area contributed by atoms with Crippen LogP contribution in [0.4, 0.5) is 0 Å². The molecule has 0 unspecified atom stereocenters. The van der Waals surface area contributed by atoms with Crippen LogP contribution in [0.25, 0.3) is 0 Å². The van der Waals surface area contributed by atoms with Crippen molar-refractivity contribution in [1.82, 2.24) is 14.5 Å². The highest BCUT2D eigenvalue weighted by atomic mass is 79.9. The number of sulfonamides is 1. The van der Waals surface area contributed by atoms with Gasteiger partial charge in [-0.2, -0.15) is 5.10 Å². The zero-order chi connectivity index (χ0) is 13.4. The van der Waals surface area contributed by atoms with E-state index >= 15 is 0 Å². The van der Waals surface area contributed by atoms with Crippen molar-refractivity contribution in [3.05, 3.63) is 11.2 Å². The smallest absolute Gasteiger partial charge is 0.255 e. The Labute approximate surface area is 120 Å². The number of rotatable bonds is 4. The van der Waals surface area contributed by atoms with Gasteiger partial charge in [-0.25, -0.2) is 13.1 Å². The Hall–Kier alpha value is -0.110. The van der Waals surface area contributed by atoms with Crippen molar-refractivity contribution in [2.24, 2.45) is 7.05 Å². The van der Waals surface area contributed by atoms with Gasteiger partial charge < -0.3 is 0 Å². The molecule has 1 fully saturated rings. The minimum Gasteiger partial charge on any atom is -0.255 e. The highest BCUT2D eigenvalue weighted by molar-refractivity contribution is 9.09. The van der Waals surface area contributed by atoms with Crippen LogP contribution in [0.1, 0.15) is 25.7 Å². The van der Waals surface area contributed by atoms with Crippen LogP contribution < -0.4 is 4.72 Å². The van der Waals surface area contributed by atoms with E-state index < -0.39 is 15.6 Å². The minimum atomic E-state index is -3.64. The van der Waals surface area contributed by atoms with E-state index in [0.717, 1.165) is 25.7 Å². The molecule has 1 aliphatic rings. The SMILES string of the molecule is Cn1ncc(Cl)c1S(=O)(=O)NC1(CBr)CCCC1. The normalized spacial score (nSPS) is 19.3. The van der Waals surface area contributed by atoms with Gasteiger partial charge in [0.25, 0.3) is 10.0 Å². The Kier molecular flexibility index (Phi) is 4.06. The molecule has 0 aliphatic heterocycles. The predicted molar refractivity (Wildman–Crippen MR) is 73.5 cm³/mol. The molecule has 0 amide bonds. The van der Waals surface area contributed by atoms with E-state index in [0.29, 0.717) is 5.33 Å². The number of hydrogen-bond acceptors (Lipinski definition) is 3. The van der Waals surface area contributed by atoms with Gasteiger partial charge in [0.15, 0.2) is 5.03 Å². The zero-order valence-corrected chi connectivity index (χ0v) is 13.1. The van der Waals surface area contributed by atoms with Crippen molar-refractivity contribution in [3.63, 3.8) is 0 Å². The van der Waals surface area contributed by atoms with E-state index in [1.807, 2.05) is 0 Å². The molecule has 1 aliphatic carbocycles. The summed E-state index contributed by atoms with van der Waals surface area (Å²) in [6, 6.07) is 0. The van der Waals surface area contributed by atoms with Crippen LogP contribution in [-0.4, -0.2) is 29.1 Å². The lowest BCUT2D eigenvalue weighted by molar-refractivity contribution is 0.434. The molecule has 2 rings (SSSR count). The fourth-order valence-corrected chi connectivity index (χ4v) is 5.35. The molecule has 0 radical (unpaired) electrons. The topological polar surface area (TPSA) is 64.0 Å². The van der Waals surface area contributed by atoms with Gasteiger partial charge >= 0.3 is 0 Å². The van der Waals surface area contributed by atoms with Crippen LogP contribution in [0.2, 0.25) is 5.02 Å². The molecule has 0 bridgehead atoms. The van der Waals surface area contributed by atoms with Crippen molar-refractivity contribution >= 4 is 37.6 Å². The van der Waals surface area contributed by atoms with E-state index in [1.165, 1.54) is 10.9 Å². The Bertz CT molecular complexity index is 518. The van der Waals surface area contributed by atoms with Crippen molar-refractivity contribution in [2.75, 3.05) is 5.33 Å². The average molecular weight is 357 g/mol. The monoisotopic (exact) mass is 355 g/mol. The molecule has 1 aromatic heterocycles. The van der Waals surface area contributed by atoms with Gasteiger partial charge in [-0.05, 0) is 12.8 Å². The number of hydrogen-bond donors (Lipinski definition) is 1. The molecule has 18 heavy (non-hydrogen) atoms. The molecule has 8 heteroatoms. The van der Waals surface area contributed by atoms with Crippen LogP contribution >= 0.6 is 27.5 Å². The van der Waals surface area contributed by atoms with Crippen molar-refractivity contribution in [3.8, 4) is 0 Å². The third-order valence-corrected chi connectivity index (χ3v) is 6.42. The fourth-order valence-electron chi connectivity index (χ4n) is 2.35. The molecule has 0 atom stereocenters. The third kappa shape index (κ3) is 2.59. The van der Waals surface area contributed by atoms with Crippen LogP contribution in [0.3, 0.4) is 0 Å². The quantitative estimate of drug-likeness (QED) is 0.840. The van der Waals surface area contributed by atoms with Gasteiger partial charge in [-0.1, -0.05) is 40.4 Å². The number of nitrogens with zero attached hydrogens (tertiary/aromatic N) is 2. The number of aromatic nitrogens is 2. The first kappa shape index (κ1) is 14.3. The van der Waals surface area contributed by atoms with E-state index in [-0.39, 0.29) is 10.0 Å². The molecule has 1 heterocycles. The maximum atomic E-state index is 12.4. The van der Waals surface area contributed by atoms with E-state index in [4.69, 9.17) is 11.6 Å². The van der Waals surface area contributed by atoms with Crippen molar-refractivity contribution in [1.29, 1.82) is 0 Å². The number of alkyl halides is 1. The van der Waals surface area contributed by atoms with Gasteiger partial charge in [-0.3, -0.25) is 4.68 Å². The molecule has 1 N–H and O–H groups in total. The first-order valence-corrected chi connectivity index (χ1v) is 8.66. The first-order valence-electron chi connectivity index (χ1n) is 5.68. The summed E-state index contributed by atoms with van der Waals surface area (Å²) in [6.07, 6.45) is 5.09. The van der Waals surface area contributed by atoms with Crippen LogP contribution in [0.5, 0.6) is 0 Å². The third-order valence-electron chi connectivity index (χ3n) is 3.26. The number of halogens is 2. The summed E-state index contributed by atoms with van der Waals surface area (Å²) in [4.78, 5) is 0. The molecule has 102 valence electrons. The largest absolute Gasteiger partial charge is 0.259 e. The van der Waals surface area contributed by atoms with Gasteiger partial charge in [-0.15, -0.1) is 0 Å². The van der Waals surface area contributed by atoms with Crippen LogP contribution in [-0.2, 0) is 17.1 Å². The van der Waals surface area contributed by atoms with Crippen molar-refractivity contribution in [2.45, 2.75) is 36.2 Å². The second-order valence-electron chi connectivity index (χ2n) is 4.65. The first-order chi connectivity index (χ1) is 8.40. The van der Waals surface area contributed by atoms with Gasteiger partial charge in [0.1, 0.15) is 0 Å².